The van der Waals surface area contributed by atoms with Crippen LogP contribution in [-0.4, -0.2) is 9.97 Å². The van der Waals surface area contributed by atoms with Gasteiger partial charge in [-0.05, 0) is 13.3 Å². The van der Waals surface area contributed by atoms with Gasteiger partial charge in [0.2, 0.25) is 0 Å². The lowest BCUT2D eigenvalue weighted by atomic mass is 10.1. The molecule has 1 heterocycles. The molecule has 0 aliphatic rings. The number of nitrogens with two attached hydrogens (primary N) is 1. The zero-order chi connectivity index (χ0) is 8.27. The number of anilines is 1. The summed E-state index contributed by atoms with van der Waals surface area (Å²) in [6.07, 6.45) is 3.56. The van der Waals surface area contributed by atoms with E-state index in [1.54, 1.807) is 0 Å². The number of hydrogen-bond acceptors (Lipinski definition) is 3. The van der Waals surface area contributed by atoms with E-state index in [1.807, 2.05) is 6.92 Å². The molecule has 0 radical (unpaired) electrons. The van der Waals surface area contributed by atoms with Gasteiger partial charge in [-0.3, -0.25) is 0 Å². The molecular weight excluding hydrogens is 138 g/mol. The van der Waals surface area contributed by atoms with E-state index in [0.717, 1.165) is 24.1 Å². The van der Waals surface area contributed by atoms with E-state index in [4.69, 9.17) is 5.73 Å². The van der Waals surface area contributed by atoms with Crippen LogP contribution in [0.5, 0.6) is 0 Å². The van der Waals surface area contributed by atoms with Gasteiger partial charge in [0.1, 0.15) is 12.1 Å². The smallest absolute Gasteiger partial charge is 0.130 e. The fourth-order valence-electron chi connectivity index (χ4n) is 1.08. The highest BCUT2D eigenvalue weighted by atomic mass is 14.9. The Labute approximate surface area is 66.7 Å². The standard InChI is InChI=1S/C8H13N3/c1-3-4-7-6(2)10-5-11-8(7)9/h5H,3-4H2,1-2H3,(H2,9,10,11). The first-order chi connectivity index (χ1) is 5.25. The largest absolute Gasteiger partial charge is 0.383 e. The van der Waals surface area contributed by atoms with Crippen LogP contribution in [0.4, 0.5) is 5.82 Å². The Morgan fingerprint density at radius 2 is 2.18 bits per heavy atom. The van der Waals surface area contributed by atoms with E-state index >= 15 is 0 Å². The molecule has 0 fully saturated rings. The first kappa shape index (κ1) is 7.98. The van der Waals surface area contributed by atoms with Crippen molar-refractivity contribution in [3.63, 3.8) is 0 Å². The summed E-state index contributed by atoms with van der Waals surface area (Å²) in [6, 6.07) is 0. The Hall–Kier alpha value is -1.12. The Bertz CT molecular complexity index is 225. The van der Waals surface area contributed by atoms with Gasteiger partial charge in [0.15, 0.2) is 0 Å². The average Bonchev–Trinajstić information content (AvgIpc) is 1.97. The van der Waals surface area contributed by atoms with Gasteiger partial charge in [0.05, 0.1) is 0 Å². The molecule has 3 heteroatoms. The van der Waals surface area contributed by atoms with Crippen LogP contribution < -0.4 is 5.73 Å². The van der Waals surface area contributed by atoms with Crippen molar-refractivity contribution >= 4 is 5.82 Å². The van der Waals surface area contributed by atoms with Crippen LogP contribution in [0.25, 0.3) is 0 Å². The van der Waals surface area contributed by atoms with Gasteiger partial charge in [-0.2, -0.15) is 0 Å². The lowest BCUT2D eigenvalue weighted by Crippen LogP contribution is -2.01. The maximum Gasteiger partial charge on any atom is 0.130 e. The lowest BCUT2D eigenvalue weighted by molar-refractivity contribution is 0.888. The van der Waals surface area contributed by atoms with Crippen LogP contribution >= 0.6 is 0 Å². The topological polar surface area (TPSA) is 51.8 Å². The summed E-state index contributed by atoms with van der Waals surface area (Å²) in [5.41, 5.74) is 7.75. The van der Waals surface area contributed by atoms with Crippen LogP contribution in [-0.2, 0) is 6.42 Å². The molecule has 0 amide bonds. The minimum atomic E-state index is 0.624. The molecule has 0 aliphatic heterocycles. The van der Waals surface area contributed by atoms with Gasteiger partial charge in [-0.1, -0.05) is 13.3 Å². The molecule has 2 N–H and O–H groups in total. The summed E-state index contributed by atoms with van der Waals surface area (Å²) in [4.78, 5) is 7.99. The highest BCUT2D eigenvalue weighted by molar-refractivity contribution is 5.40. The second-order valence-electron chi connectivity index (χ2n) is 2.57. The number of nitrogens with zero attached hydrogens (tertiary/aromatic N) is 2. The fraction of sp³-hybridized carbons (Fsp3) is 0.500. The second kappa shape index (κ2) is 3.32. The zero-order valence-corrected chi connectivity index (χ0v) is 6.96. The average molecular weight is 151 g/mol. The molecule has 0 saturated carbocycles. The molecule has 11 heavy (non-hydrogen) atoms. The van der Waals surface area contributed by atoms with Crippen LogP contribution in [0.3, 0.4) is 0 Å². The highest BCUT2D eigenvalue weighted by Gasteiger charge is 2.02. The third-order valence-electron chi connectivity index (χ3n) is 1.69. The molecule has 3 nitrogen and oxygen atoms in total. The predicted octanol–water partition coefficient (Wildman–Crippen LogP) is 1.32. The molecule has 0 atom stereocenters. The summed E-state index contributed by atoms with van der Waals surface area (Å²) < 4.78 is 0. The quantitative estimate of drug-likeness (QED) is 0.693. The van der Waals surface area contributed by atoms with Gasteiger partial charge in [-0.25, -0.2) is 9.97 Å². The van der Waals surface area contributed by atoms with Crippen LogP contribution in [0.2, 0.25) is 0 Å². The van der Waals surface area contributed by atoms with Crippen LogP contribution in [0.1, 0.15) is 24.6 Å². The van der Waals surface area contributed by atoms with Crippen molar-refractivity contribution in [3.8, 4) is 0 Å². The van der Waals surface area contributed by atoms with Crippen molar-refractivity contribution in [2.45, 2.75) is 26.7 Å². The number of aryl methyl sites for hydroxylation is 1. The minimum absolute atomic E-state index is 0.624. The van der Waals surface area contributed by atoms with E-state index < -0.39 is 0 Å². The second-order valence-corrected chi connectivity index (χ2v) is 2.57. The van der Waals surface area contributed by atoms with Crippen molar-refractivity contribution < 1.29 is 0 Å². The van der Waals surface area contributed by atoms with E-state index in [1.165, 1.54) is 6.33 Å². The molecule has 1 aromatic heterocycles. The molecule has 0 bridgehead atoms. The summed E-state index contributed by atoms with van der Waals surface area (Å²) in [7, 11) is 0. The van der Waals surface area contributed by atoms with Crippen molar-refractivity contribution in [2.24, 2.45) is 0 Å². The maximum absolute atomic E-state index is 5.66. The predicted molar refractivity (Wildman–Crippen MR) is 45.2 cm³/mol. The molecule has 0 aromatic carbocycles. The molecule has 1 rings (SSSR count). The molecule has 0 spiro atoms. The number of rotatable bonds is 2. The SMILES string of the molecule is CCCc1c(C)ncnc1N. The molecule has 60 valence electrons. The molecule has 0 unspecified atom stereocenters. The van der Waals surface area contributed by atoms with Crippen molar-refractivity contribution in [3.05, 3.63) is 17.6 Å². The van der Waals surface area contributed by atoms with Gasteiger partial charge < -0.3 is 5.73 Å². The van der Waals surface area contributed by atoms with Gasteiger partial charge >= 0.3 is 0 Å². The normalized spacial score (nSPS) is 10.0. The molecule has 0 aliphatic carbocycles. The van der Waals surface area contributed by atoms with E-state index in [2.05, 4.69) is 16.9 Å². The summed E-state index contributed by atoms with van der Waals surface area (Å²) in [5, 5.41) is 0. The highest BCUT2D eigenvalue weighted by Crippen LogP contribution is 2.12. The van der Waals surface area contributed by atoms with Crippen molar-refractivity contribution in [1.82, 2.24) is 9.97 Å². The number of nitrogen functional groups attached to an aromatic ring is 1. The van der Waals surface area contributed by atoms with Crippen molar-refractivity contribution in [1.29, 1.82) is 0 Å². The van der Waals surface area contributed by atoms with E-state index in [0.29, 0.717) is 5.82 Å². The first-order valence-electron chi connectivity index (χ1n) is 3.81. The summed E-state index contributed by atoms with van der Waals surface area (Å²) in [6.45, 7) is 4.08. The summed E-state index contributed by atoms with van der Waals surface area (Å²) in [5.74, 6) is 0.624. The molecular formula is C8H13N3. The third kappa shape index (κ3) is 1.67. The van der Waals surface area contributed by atoms with E-state index in [-0.39, 0.29) is 0 Å². The Morgan fingerprint density at radius 3 is 2.73 bits per heavy atom. The van der Waals surface area contributed by atoms with E-state index in [9.17, 15) is 0 Å². The Balaban J connectivity index is 3.00. The Morgan fingerprint density at radius 1 is 1.45 bits per heavy atom. The molecule has 1 aromatic rings. The van der Waals surface area contributed by atoms with Gasteiger partial charge in [0.25, 0.3) is 0 Å². The van der Waals surface area contributed by atoms with Gasteiger partial charge in [-0.15, -0.1) is 0 Å². The summed E-state index contributed by atoms with van der Waals surface area (Å²) >= 11 is 0. The zero-order valence-electron chi connectivity index (χ0n) is 6.96. The monoisotopic (exact) mass is 151 g/mol. The first-order valence-corrected chi connectivity index (χ1v) is 3.81. The maximum atomic E-state index is 5.66. The Kier molecular flexibility index (Phi) is 2.41. The number of aromatic nitrogens is 2. The minimum Gasteiger partial charge on any atom is -0.383 e. The van der Waals surface area contributed by atoms with Crippen molar-refractivity contribution in [2.75, 3.05) is 5.73 Å². The van der Waals surface area contributed by atoms with Gasteiger partial charge in [0, 0.05) is 11.3 Å². The fourth-order valence-corrected chi connectivity index (χ4v) is 1.08. The third-order valence-corrected chi connectivity index (χ3v) is 1.69. The molecule has 0 saturated heterocycles. The van der Waals surface area contributed by atoms with Crippen LogP contribution in [0.15, 0.2) is 6.33 Å². The van der Waals surface area contributed by atoms with Crippen LogP contribution in [0, 0.1) is 6.92 Å². The number of hydrogen-bond donors (Lipinski definition) is 1. The lowest BCUT2D eigenvalue weighted by Gasteiger charge is -2.04.